The van der Waals surface area contributed by atoms with Crippen LogP contribution in [-0.2, 0) is 14.6 Å². The van der Waals surface area contributed by atoms with Gasteiger partial charge in [-0.05, 0) is 29.8 Å². The summed E-state index contributed by atoms with van der Waals surface area (Å²) in [6.07, 6.45) is 1.02. The van der Waals surface area contributed by atoms with Crippen molar-refractivity contribution in [1.82, 2.24) is 0 Å². The number of Topliss-reactive ketones (excluding diaryl/α,β-unsaturated/α-hetero) is 1. The third-order valence-electron chi connectivity index (χ3n) is 3.74. The third-order valence-corrected chi connectivity index (χ3v) is 6.16. The summed E-state index contributed by atoms with van der Waals surface area (Å²) in [5.41, 5.74) is 5.70. The first kappa shape index (κ1) is 17.6. The number of nitrogens with zero attached hydrogens (tertiary/aromatic N) is 1. The number of halogens is 1. The van der Waals surface area contributed by atoms with Gasteiger partial charge in [0, 0.05) is 16.7 Å². The number of amides is 3. The van der Waals surface area contributed by atoms with Crippen LogP contribution in [0.25, 0.3) is 0 Å². The monoisotopic (exact) mass is 398 g/mol. The molecular weight excluding hydrogens is 388 g/mol. The number of carbonyl (C=O) groups excluding carboxylic acids is 3. The van der Waals surface area contributed by atoms with Crippen molar-refractivity contribution in [3.8, 4) is 0 Å². The Morgan fingerprint density at radius 3 is 2.52 bits per heavy atom. The van der Waals surface area contributed by atoms with Gasteiger partial charge in [0.25, 0.3) is 5.91 Å². The topological polar surface area (TPSA) is 115 Å². The molecule has 3 amide bonds. The molecule has 1 unspecified atom stereocenters. The number of imide groups is 1. The zero-order chi connectivity index (χ0) is 18.5. The second kappa shape index (κ2) is 5.94. The SMILES string of the molecule is CS(=O)(=O)c1csc(C(=O)C2C(=O)N(C(N)=O)c3ccc(Cl)cc32)c1. The van der Waals surface area contributed by atoms with Gasteiger partial charge in [-0.15, -0.1) is 11.3 Å². The number of ketones is 1. The van der Waals surface area contributed by atoms with E-state index in [4.69, 9.17) is 17.3 Å². The zero-order valence-electron chi connectivity index (χ0n) is 12.7. The molecule has 1 aliphatic heterocycles. The second-order valence-corrected chi connectivity index (χ2v) is 8.79. The largest absolute Gasteiger partial charge is 0.351 e. The third kappa shape index (κ3) is 2.94. The van der Waals surface area contributed by atoms with Crippen LogP contribution in [0.5, 0.6) is 0 Å². The molecule has 3 rings (SSSR count). The van der Waals surface area contributed by atoms with Crippen molar-refractivity contribution < 1.29 is 22.8 Å². The average molecular weight is 399 g/mol. The minimum absolute atomic E-state index is 0.00984. The van der Waals surface area contributed by atoms with Gasteiger partial charge in [-0.25, -0.2) is 18.1 Å². The Morgan fingerprint density at radius 2 is 1.96 bits per heavy atom. The van der Waals surface area contributed by atoms with Crippen molar-refractivity contribution in [3.63, 3.8) is 0 Å². The van der Waals surface area contributed by atoms with Crippen molar-refractivity contribution in [1.29, 1.82) is 0 Å². The summed E-state index contributed by atoms with van der Waals surface area (Å²) in [7, 11) is -3.48. The smallest absolute Gasteiger partial charge is 0.326 e. The van der Waals surface area contributed by atoms with Crippen LogP contribution in [0, 0.1) is 0 Å². The molecule has 0 radical (unpaired) electrons. The van der Waals surface area contributed by atoms with Crippen LogP contribution in [0.2, 0.25) is 5.02 Å². The summed E-state index contributed by atoms with van der Waals surface area (Å²) in [6, 6.07) is 4.54. The molecule has 2 N–H and O–H groups in total. The first-order chi connectivity index (χ1) is 11.6. The molecule has 2 aromatic rings. The van der Waals surface area contributed by atoms with Crippen LogP contribution in [0.15, 0.2) is 34.5 Å². The number of carbonyl (C=O) groups is 3. The second-order valence-electron chi connectivity index (χ2n) is 5.43. The van der Waals surface area contributed by atoms with Crippen molar-refractivity contribution >= 4 is 56.2 Å². The van der Waals surface area contributed by atoms with Crippen LogP contribution >= 0.6 is 22.9 Å². The molecule has 1 aromatic carbocycles. The van der Waals surface area contributed by atoms with E-state index in [0.29, 0.717) is 5.02 Å². The zero-order valence-corrected chi connectivity index (χ0v) is 15.1. The summed E-state index contributed by atoms with van der Waals surface area (Å²) >= 11 is 6.86. The number of urea groups is 1. The molecule has 0 aliphatic carbocycles. The van der Waals surface area contributed by atoms with E-state index in [0.717, 1.165) is 22.5 Å². The molecule has 0 bridgehead atoms. The highest BCUT2D eigenvalue weighted by Crippen LogP contribution is 2.41. The number of nitrogens with two attached hydrogens (primary N) is 1. The highest BCUT2D eigenvalue weighted by atomic mass is 35.5. The number of hydrogen-bond acceptors (Lipinski definition) is 6. The van der Waals surface area contributed by atoms with Crippen LogP contribution in [0.1, 0.15) is 21.2 Å². The Labute approximate surface area is 151 Å². The number of thiophene rings is 1. The molecule has 0 saturated carbocycles. The average Bonchev–Trinajstić information content (AvgIpc) is 3.08. The number of benzene rings is 1. The maximum Gasteiger partial charge on any atom is 0.326 e. The Bertz CT molecular complexity index is 1030. The fourth-order valence-electron chi connectivity index (χ4n) is 2.61. The fraction of sp³-hybridized carbons (Fsp3) is 0.133. The number of fused-ring (bicyclic) bond motifs is 1. The van der Waals surface area contributed by atoms with Crippen molar-refractivity contribution in [2.24, 2.45) is 5.73 Å². The lowest BCUT2D eigenvalue weighted by Gasteiger charge is -2.12. The van der Waals surface area contributed by atoms with Gasteiger partial charge in [-0.3, -0.25) is 9.59 Å². The molecule has 7 nitrogen and oxygen atoms in total. The van der Waals surface area contributed by atoms with E-state index < -0.39 is 33.5 Å². The quantitative estimate of drug-likeness (QED) is 0.628. The molecule has 2 heterocycles. The van der Waals surface area contributed by atoms with E-state index in [-0.39, 0.29) is 21.0 Å². The van der Waals surface area contributed by atoms with Gasteiger partial charge >= 0.3 is 6.03 Å². The number of primary amides is 1. The highest BCUT2D eigenvalue weighted by Gasteiger charge is 2.44. The van der Waals surface area contributed by atoms with Crippen LogP contribution in [0.3, 0.4) is 0 Å². The first-order valence-electron chi connectivity index (χ1n) is 6.87. The predicted octanol–water partition coefficient (Wildman–Crippen LogP) is 2.20. The lowest BCUT2D eigenvalue weighted by molar-refractivity contribution is -0.117. The van der Waals surface area contributed by atoms with Gasteiger partial charge in [-0.1, -0.05) is 11.6 Å². The standard InChI is InChI=1S/C15H11ClN2O5S2/c1-25(22,23)8-5-11(24-6-8)13(19)12-9-4-7(16)2-3-10(9)18(14(12)20)15(17)21/h2-6,12H,1H3,(H2,17,21). The lowest BCUT2D eigenvalue weighted by atomic mass is 9.95. The summed E-state index contributed by atoms with van der Waals surface area (Å²) < 4.78 is 23.2. The summed E-state index contributed by atoms with van der Waals surface area (Å²) in [6.45, 7) is 0. The lowest BCUT2D eigenvalue weighted by Crippen LogP contribution is -2.40. The molecule has 1 aromatic heterocycles. The van der Waals surface area contributed by atoms with Gasteiger partial charge in [-0.2, -0.15) is 0 Å². The van der Waals surface area contributed by atoms with E-state index in [1.54, 1.807) is 0 Å². The summed E-state index contributed by atoms with van der Waals surface area (Å²) in [5, 5.41) is 1.62. The molecular formula is C15H11ClN2O5S2. The van der Waals surface area contributed by atoms with Crippen molar-refractivity contribution in [2.75, 3.05) is 11.2 Å². The molecule has 0 saturated heterocycles. The number of hydrogen-bond donors (Lipinski definition) is 1. The Kier molecular flexibility index (Phi) is 4.18. The highest BCUT2D eigenvalue weighted by molar-refractivity contribution is 7.90. The van der Waals surface area contributed by atoms with Crippen molar-refractivity contribution in [3.05, 3.63) is 45.1 Å². The van der Waals surface area contributed by atoms with E-state index in [1.165, 1.54) is 29.6 Å². The Morgan fingerprint density at radius 1 is 1.28 bits per heavy atom. The van der Waals surface area contributed by atoms with Gasteiger partial charge < -0.3 is 5.73 Å². The minimum atomic E-state index is -3.48. The molecule has 0 fully saturated rings. The molecule has 130 valence electrons. The molecule has 0 spiro atoms. The molecule has 10 heteroatoms. The molecule has 1 atom stereocenters. The van der Waals surface area contributed by atoms with E-state index in [2.05, 4.69) is 0 Å². The summed E-state index contributed by atoms with van der Waals surface area (Å²) in [5.74, 6) is -2.70. The minimum Gasteiger partial charge on any atom is -0.351 e. The predicted molar refractivity (Wildman–Crippen MR) is 93.0 cm³/mol. The maximum atomic E-state index is 12.8. The number of sulfone groups is 1. The first-order valence-corrected chi connectivity index (χ1v) is 10.0. The van der Waals surface area contributed by atoms with Crippen LogP contribution in [-0.4, -0.2) is 32.4 Å². The number of rotatable bonds is 3. The van der Waals surface area contributed by atoms with Gasteiger partial charge in [0.1, 0.15) is 5.92 Å². The Balaban J connectivity index is 2.09. The van der Waals surface area contributed by atoms with E-state index in [1.807, 2.05) is 0 Å². The summed E-state index contributed by atoms with van der Waals surface area (Å²) in [4.78, 5) is 37.8. The van der Waals surface area contributed by atoms with Crippen LogP contribution in [0.4, 0.5) is 10.5 Å². The van der Waals surface area contributed by atoms with Gasteiger partial charge in [0.05, 0.1) is 15.5 Å². The van der Waals surface area contributed by atoms with Crippen molar-refractivity contribution in [2.45, 2.75) is 10.8 Å². The fourth-order valence-corrected chi connectivity index (χ4v) is 4.78. The molecule has 25 heavy (non-hydrogen) atoms. The molecule has 1 aliphatic rings. The van der Waals surface area contributed by atoms with E-state index >= 15 is 0 Å². The van der Waals surface area contributed by atoms with E-state index in [9.17, 15) is 22.8 Å². The normalized spacial score (nSPS) is 16.8. The maximum absolute atomic E-state index is 12.8. The number of anilines is 1. The van der Waals surface area contributed by atoms with Crippen LogP contribution < -0.4 is 10.6 Å². The van der Waals surface area contributed by atoms with Gasteiger partial charge in [0.15, 0.2) is 15.6 Å². The van der Waals surface area contributed by atoms with Gasteiger partial charge in [0.2, 0.25) is 0 Å². The Hall–Kier alpha value is -2.23.